The Kier molecular flexibility index (Phi) is 3.02. The topological polar surface area (TPSA) is 81.6 Å². The van der Waals surface area contributed by atoms with E-state index in [0.717, 1.165) is 12.1 Å². The average Bonchev–Trinajstić information content (AvgIpc) is 2.33. The van der Waals surface area contributed by atoms with E-state index in [-0.39, 0.29) is 17.2 Å². The fourth-order valence-corrected chi connectivity index (χ4v) is 1.30. The Morgan fingerprint density at radius 2 is 2.06 bits per heavy atom. The Morgan fingerprint density at radius 1 is 1.28 bits per heavy atom. The summed E-state index contributed by atoms with van der Waals surface area (Å²) in [5.41, 5.74) is -0.477. The molecule has 18 heavy (non-hydrogen) atoms. The van der Waals surface area contributed by atoms with Crippen LogP contribution < -0.4 is 11.0 Å². The van der Waals surface area contributed by atoms with Crippen molar-refractivity contribution in [2.75, 3.05) is 5.32 Å². The molecule has 0 saturated carbocycles. The van der Waals surface area contributed by atoms with Crippen molar-refractivity contribution < 1.29 is 8.78 Å². The lowest BCUT2D eigenvalue weighted by Crippen LogP contribution is -2.13. The van der Waals surface area contributed by atoms with Gasteiger partial charge in [0.05, 0.1) is 0 Å². The molecule has 1 aromatic heterocycles. The molecule has 0 saturated heterocycles. The van der Waals surface area contributed by atoms with E-state index in [1.165, 1.54) is 12.1 Å². The number of aromatic nitrogens is 2. The number of rotatable bonds is 2. The van der Waals surface area contributed by atoms with Crippen molar-refractivity contribution in [1.82, 2.24) is 9.97 Å². The summed E-state index contributed by atoms with van der Waals surface area (Å²) in [5.74, 6) is -1.93. The van der Waals surface area contributed by atoms with E-state index in [4.69, 9.17) is 5.26 Å². The highest BCUT2D eigenvalue weighted by Crippen LogP contribution is 2.16. The lowest BCUT2D eigenvalue weighted by molar-refractivity contribution is 0.509. The van der Waals surface area contributed by atoms with Crippen LogP contribution in [0.2, 0.25) is 0 Å². The zero-order valence-electron chi connectivity index (χ0n) is 8.87. The molecule has 0 radical (unpaired) electrons. The second-order valence-electron chi connectivity index (χ2n) is 3.35. The molecule has 0 spiro atoms. The summed E-state index contributed by atoms with van der Waals surface area (Å²) in [6.45, 7) is 0. The van der Waals surface area contributed by atoms with Gasteiger partial charge in [-0.15, -0.1) is 0 Å². The number of anilines is 2. The van der Waals surface area contributed by atoms with Gasteiger partial charge >= 0.3 is 5.69 Å². The Balaban J connectivity index is 2.34. The molecule has 5 nitrogen and oxygen atoms in total. The molecule has 0 atom stereocenters. The largest absolute Gasteiger partial charge is 0.347 e. The highest BCUT2D eigenvalue weighted by atomic mass is 19.2. The third-order valence-electron chi connectivity index (χ3n) is 2.06. The lowest BCUT2D eigenvalue weighted by atomic mass is 10.3. The molecule has 2 aromatic rings. The van der Waals surface area contributed by atoms with Crippen molar-refractivity contribution in [3.63, 3.8) is 0 Å². The van der Waals surface area contributed by atoms with Gasteiger partial charge in [0.25, 0.3) is 0 Å². The van der Waals surface area contributed by atoms with Crippen molar-refractivity contribution in [1.29, 1.82) is 5.26 Å². The van der Waals surface area contributed by atoms with Gasteiger partial charge in [-0.05, 0) is 12.1 Å². The smallest absolute Gasteiger partial charge is 0.340 e. The number of nitrogens with one attached hydrogen (secondary N) is 2. The highest BCUT2D eigenvalue weighted by Gasteiger charge is 2.04. The first-order chi connectivity index (χ1) is 8.58. The molecule has 0 aliphatic heterocycles. The number of H-pyrrole nitrogens is 1. The second kappa shape index (κ2) is 4.63. The summed E-state index contributed by atoms with van der Waals surface area (Å²) in [6, 6.07) is 6.17. The number of benzene rings is 1. The van der Waals surface area contributed by atoms with Gasteiger partial charge in [-0.25, -0.2) is 13.6 Å². The molecule has 1 aromatic carbocycles. The van der Waals surface area contributed by atoms with Gasteiger partial charge < -0.3 is 5.32 Å². The third kappa shape index (κ3) is 2.49. The van der Waals surface area contributed by atoms with Crippen molar-refractivity contribution in [2.24, 2.45) is 0 Å². The predicted molar refractivity (Wildman–Crippen MR) is 59.2 cm³/mol. The maximum atomic E-state index is 13.0. The van der Waals surface area contributed by atoms with E-state index in [1.807, 2.05) is 0 Å². The normalized spacial score (nSPS) is 9.83. The Bertz CT molecular complexity index is 690. The summed E-state index contributed by atoms with van der Waals surface area (Å²) < 4.78 is 25.7. The van der Waals surface area contributed by atoms with Crippen molar-refractivity contribution >= 4 is 11.5 Å². The van der Waals surface area contributed by atoms with Crippen LogP contribution in [0.5, 0.6) is 0 Å². The van der Waals surface area contributed by atoms with Gasteiger partial charge in [-0.2, -0.15) is 10.2 Å². The van der Waals surface area contributed by atoms with E-state index in [9.17, 15) is 13.6 Å². The van der Waals surface area contributed by atoms with Gasteiger partial charge in [0.1, 0.15) is 17.6 Å². The minimum absolute atomic E-state index is 0.0140. The van der Waals surface area contributed by atoms with Crippen LogP contribution in [-0.4, -0.2) is 9.97 Å². The van der Waals surface area contributed by atoms with Crippen LogP contribution in [-0.2, 0) is 0 Å². The quantitative estimate of drug-likeness (QED) is 0.846. The molecular weight excluding hydrogens is 242 g/mol. The van der Waals surface area contributed by atoms with Gasteiger partial charge in [-0.3, -0.25) is 4.98 Å². The number of nitrogens with zero attached hydrogens (tertiary/aromatic N) is 2. The SMILES string of the molecule is N#Cc1cc(Nc2ccc(F)c(F)c2)nc(=O)[nH]1. The van der Waals surface area contributed by atoms with E-state index in [0.29, 0.717) is 0 Å². The van der Waals surface area contributed by atoms with E-state index in [1.54, 1.807) is 6.07 Å². The summed E-state index contributed by atoms with van der Waals surface area (Å²) >= 11 is 0. The number of hydrogen-bond acceptors (Lipinski definition) is 4. The zero-order valence-corrected chi connectivity index (χ0v) is 8.87. The molecule has 0 unspecified atom stereocenters. The van der Waals surface area contributed by atoms with Gasteiger partial charge in [-0.1, -0.05) is 0 Å². The van der Waals surface area contributed by atoms with Crippen molar-refractivity contribution in [3.8, 4) is 6.07 Å². The Labute approximate surface area is 99.7 Å². The zero-order chi connectivity index (χ0) is 13.1. The fraction of sp³-hybridized carbons (Fsp3) is 0. The van der Waals surface area contributed by atoms with Crippen LogP contribution in [0.25, 0.3) is 0 Å². The first kappa shape index (κ1) is 11.7. The maximum absolute atomic E-state index is 13.0. The van der Waals surface area contributed by atoms with Crippen LogP contribution in [0.1, 0.15) is 5.69 Å². The third-order valence-corrected chi connectivity index (χ3v) is 2.06. The molecule has 0 amide bonds. The van der Waals surface area contributed by atoms with Crippen LogP contribution in [0.15, 0.2) is 29.1 Å². The summed E-state index contributed by atoms with van der Waals surface area (Å²) in [4.78, 5) is 16.8. The van der Waals surface area contributed by atoms with Gasteiger partial charge in [0.15, 0.2) is 11.6 Å². The van der Waals surface area contributed by atoms with E-state index < -0.39 is 17.3 Å². The molecule has 0 fully saturated rings. The second-order valence-corrected chi connectivity index (χ2v) is 3.35. The predicted octanol–water partition coefficient (Wildman–Crippen LogP) is 1.66. The van der Waals surface area contributed by atoms with Crippen molar-refractivity contribution in [3.05, 3.63) is 52.1 Å². The summed E-state index contributed by atoms with van der Waals surface area (Å²) in [6.07, 6.45) is 0. The van der Waals surface area contributed by atoms with Gasteiger partial charge in [0, 0.05) is 17.8 Å². The van der Waals surface area contributed by atoms with Crippen LogP contribution >= 0.6 is 0 Å². The molecular formula is C11H6F2N4O. The minimum Gasteiger partial charge on any atom is -0.340 e. The molecule has 2 N–H and O–H groups in total. The van der Waals surface area contributed by atoms with Crippen LogP contribution in [0, 0.1) is 23.0 Å². The molecule has 7 heteroatoms. The first-order valence-corrected chi connectivity index (χ1v) is 4.82. The average molecular weight is 248 g/mol. The number of aromatic amines is 1. The maximum Gasteiger partial charge on any atom is 0.347 e. The number of halogens is 2. The van der Waals surface area contributed by atoms with E-state index >= 15 is 0 Å². The fourth-order valence-electron chi connectivity index (χ4n) is 1.30. The van der Waals surface area contributed by atoms with Gasteiger partial charge in [0.2, 0.25) is 0 Å². The molecule has 90 valence electrons. The van der Waals surface area contributed by atoms with Crippen LogP contribution in [0.4, 0.5) is 20.3 Å². The monoisotopic (exact) mass is 248 g/mol. The summed E-state index contributed by atoms with van der Waals surface area (Å²) in [5, 5.41) is 11.2. The van der Waals surface area contributed by atoms with Crippen LogP contribution in [0.3, 0.4) is 0 Å². The lowest BCUT2D eigenvalue weighted by Gasteiger charge is -2.05. The molecule has 0 aliphatic rings. The van der Waals surface area contributed by atoms with Crippen molar-refractivity contribution in [2.45, 2.75) is 0 Å². The number of hydrogen-bond donors (Lipinski definition) is 2. The molecule has 0 aliphatic carbocycles. The Hall–Kier alpha value is -2.75. The van der Waals surface area contributed by atoms with E-state index in [2.05, 4.69) is 15.3 Å². The number of nitriles is 1. The molecule has 0 bridgehead atoms. The summed E-state index contributed by atoms with van der Waals surface area (Å²) in [7, 11) is 0. The standard InChI is InChI=1S/C11H6F2N4O/c12-8-2-1-6(3-9(8)13)15-10-4-7(5-14)16-11(18)17-10/h1-4H,(H2,15,16,17,18). The molecule has 2 rings (SSSR count). The Morgan fingerprint density at radius 3 is 2.72 bits per heavy atom. The first-order valence-electron chi connectivity index (χ1n) is 4.82. The molecule has 1 heterocycles. The highest BCUT2D eigenvalue weighted by molar-refractivity contribution is 5.56. The minimum atomic E-state index is -1.02.